The first-order valence-electron chi connectivity index (χ1n) is 14.9. The molecule has 0 bridgehead atoms. The molecule has 0 aromatic heterocycles. The summed E-state index contributed by atoms with van der Waals surface area (Å²) < 4.78 is 28.1. The van der Waals surface area contributed by atoms with E-state index in [1.807, 2.05) is 12.1 Å². The summed E-state index contributed by atoms with van der Waals surface area (Å²) in [6.07, 6.45) is 5.31. The Bertz CT molecular complexity index is 969. The van der Waals surface area contributed by atoms with Crippen LogP contribution in [0.3, 0.4) is 0 Å². The van der Waals surface area contributed by atoms with E-state index in [-0.39, 0.29) is 34.5 Å². The first kappa shape index (κ1) is 33.0. The van der Waals surface area contributed by atoms with Gasteiger partial charge >= 0.3 is 0 Å². The molecule has 0 radical (unpaired) electrons. The van der Waals surface area contributed by atoms with Gasteiger partial charge in [-0.2, -0.15) is 0 Å². The molecule has 40 heavy (non-hydrogen) atoms. The maximum atomic E-state index is 7.15. The summed E-state index contributed by atoms with van der Waals surface area (Å²) in [5, 5.41) is 0.168. The van der Waals surface area contributed by atoms with Crippen LogP contribution in [-0.2, 0) is 31.5 Å². The molecule has 6 heteroatoms. The molecule has 0 amide bonds. The SMILES string of the molecule is CC(C)(C)[Si](C)(C)O[C@@H]1C/C=C\C[C@@H](O[Si](C)(C)C(C)(C)C)[C@@H](OCc2ccccc2)[C@@H]1OCc1ccccc1. The molecule has 0 heterocycles. The highest BCUT2D eigenvalue weighted by Crippen LogP contribution is 2.41. The third kappa shape index (κ3) is 8.97. The standard InChI is InChI=1S/C34H54O4Si2/c1-33(2,3)39(7,8)37-29-23-17-18-24-30(38-40(9,10)34(4,5)6)32(36-26-28-21-15-12-16-22-28)31(29)35-25-27-19-13-11-14-20-27/h11-22,29-32H,23-26H2,1-10H3/b18-17-/t29-,30-,31-,32-/m1/s1. The predicted octanol–water partition coefficient (Wildman–Crippen LogP) is 9.29. The van der Waals surface area contributed by atoms with Crippen LogP contribution >= 0.6 is 0 Å². The van der Waals surface area contributed by atoms with E-state index in [1.54, 1.807) is 0 Å². The smallest absolute Gasteiger partial charge is 0.192 e. The van der Waals surface area contributed by atoms with Crippen molar-refractivity contribution in [1.82, 2.24) is 0 Å². The van der Waals surface area contributed by atoms with Crippen LogP contribution in [0, 0.1) is 0 Å². The van der Waals surface area contributed by atoms with Crippen molar-refractivity contribution in [2.24, 2.45) is 0 Å². The summed E-state index contributed by atoms with van der Waals surface area (Å²) in [5.74, 6) is 0. The van der Waals surface area contributed by atoms with Gasteiger partial charge in [0.15, 0.2) is 16.6 Å². The van der Waals surface area contributed by atoms with Gasteiger partial charge in [0.25, 0.3) is 0 Å². The molecular formula is C34H54O4Si2. The Kier molecular flexibility index (Phi) is 11.2. The average molecular weight is 583 g/mol. The van der Waals surface area contributed by atoms with E-state index < -0.39 is 16.6 Å². The molecule has 0 N–H and O–H groups in total. The number of ether oxygens (including phenoxy) is 2. The molecule has 0 fully saturated rings. The van der Waals surface area contributed by atoms with Crippen molar-refractivity contribution in [1.29, 1.82) is 0 Å². The fourth-order valence-corrected chi connectivity index (χ4v) is 7.11. The van der Waals surface area contributed by atoms with Crippen LogP contribution in [0.4, 0.5) is 0 Å². The van der Waals surface area contributed by atoms with E-state index in [0.717, 1.165) is 24.0 Å². The molecule has 0 aliphatic heterocycles. The Morgan fingerprint density at radius 3 is 1.20 bits per heavy atom. The number of hydrogen-bond acceptors (Lipinski definition) is 4. The van der Waals surface area contributed by atoms with Gasteiger partial charge in [-0.1, -0.05) is 114 Å². The molecule has 2 aromatic carbocycles. The van der Waals surface area contributed by atoms with Gasteiger partial charge in [0.1, 0.15) is 12.2 Å². The number of hydrogen-bond donors (Lipinski definition) is 0. The van der Waals surface area contributed by atoms with E-state index in [9.17, 15) is 0 Å². The Morgan fingerprint density at radius 2 is 0.900 bits per heavy atom. The second-order valence-corrected chi connectivity index (χ2v) is 23.8. The minimum atomic E-state index is -2.10. The van der Waals surface area contributed by atoms with Crippen LogP contribution in [0.5, 0.6) is 0 Å². The Hall–Kier alpha value is -1.55. The zero-order valence-electron chi connectivity index (χ0n) is 26.7. The maximum absolute atomic E-state index is 7.15. The van der Waals surface area contributed by atoms with Crippen LogP contribution in [0.15, 0.2) is 72.8 Å². The normalized spacial score (nSPS) is 23.9. The van der Waals surface area contributed by atoms with Crippen LogP contribution in [0.2, 0.25) is 36.3 Å². The lowest BCUT2D eigenvalue weighted by Gasteiger charge is -2.46. The largest absolute Gasteiger partial charge is 0.411 e. The van der Waals surface area contributed by atoms with E-state index >= 15 is 0 Å². The van der Waals surface area contributed by atoms with E-state index in [0.29, 0.717) is 13.2 Å². The summed E-state index contributed by atoms with van der Waals surface area (Å²) >= 11 is 0. The highest BCUT2D eigenvalue weighted by atomic mass is 28.4. The van der Waals surface area contributed by atoms with Gasteiger partial charge in [0.2, 0.25) is 0 Å². The zero-order valence-corrected chi connectivity index (χ0v) is 28.7. The van der Waals surface area contributed by atoms with Gasteiger partial charge in [0, 0.05) is 0 Å². The van der Waals surface area contributed by atoms with E-state index in [2.05, 4.69) is 128 Å². The third-order valence-corrected chi connectivity index (χ3v) is 18.0. The van der Waals surface area contributed by atoms with Gasteiger partial charge in [-0.15, -0.1) is 0 Å². The average Bonchev–Trinajstić information content (AvgIpc) is 2.86. The quantitative estimate of drug-likeness (QED) is 0.207. The minimum absolute atomic E-state index is 0.0838. The molecule has 0 saturated heterocycles. The molecule has 2 aromatic rings. The van der Waals surface area contributed by atoms with Gasteiger partial charge in [0.05, 0.1) is 25.4 Å². The van der Waals surface area contributed by atoms with E-state index in [4.69, 9.17) is 18.3 Å². The van der Waals surface area contributed by atoms with Crippen molar-refractivity contribution >= 4 is 16.6 Å². The maximum Gasteiger partial charge on any atom is 0.192 e. The zero-order chi connectivity index (χ0) is 29.6. The summed E-state index contributed by atoms with van der Waals surface area (Å²) in [7, 11) is -4.20. The Balaban J connectivity index is 2.04. The molecule has 0 saturated carbocycles. The lowest BCUT2D eigenvalue weighted by Crippen LogP contribution is -2.56. The van der Waals surface area contributed by atoms with Crippen LogP contribution in [-0.4, -0.2) is 41.1 Å². The molecule has 0 spiro atoms. The molecule has 4 nitrogen and oxygen atoms in total. The second kappa shape index (κ2) is 13.6. The summed E-state index contributed by atoms with van der Waals surface area (Å²) in [5.41, 5.74) is 2.30. The van der Waals surface area contributed by atoms with Crippen molar-refractivity contribution in [3.63, 3.8) is 0 Å². The molecule has 3 rings (SSSR count). The molecule has 222 valence electrons. The van der Waals surface area contributed by atoms with E-state index in [1.165, 1.54) is 0 Å². The van der Waals surface area contributed by atoms with Crippen molar-refractivity contribution < 1.29 is 18.3 Å². The van der Waals surface area contributed by atoms with Gasteiger partial charge in [-0.25, -0.2) is 0 Å². The third-order valence-electron chi connectivity index (χ3n) is 9.04. The minimum Gasteiger partial charge on any atom is -0.411 e. The highest BCUT2D eigenvalue weighted by Gasteiger charge is 2.47. The van der Waals surface area contributed by atoms with Crippen molar-refractivity contribution in [3.05, 3.63) is 83.9 Å². The molecule has 1 aliphatic carbocycles. The fraction of sp³-hybridized carbons (Fsp3) is 0.588. The van der Waals surface area contributed by atoms with Crippen molar-refractivity contribution in [3.8, 4) is 0 Å². The van der Waals surface area contributed by atoms with Crippen LogP contribution in [0.25, 0.3) is 0 Å². The molecule has 4 atom stereocenters. The van der Waals surface area contributed by atoms with Gasteiger partial charge in [-0.3, -0.25) is 0 Å². The predicted molar refractivity (Wildman–Crippen MR) is 173 cm³/mol. The van der Waals surface area contributed by atoms with Gasteiger partial charge in [-0.05, 0) is 60.2 Å². The number of rotatable bonds is 10. The first-order valence-corrected chi connectivity index (χ1v) is 20.7. The molecular weight excluding hydrogens is 529 g/mol. The molecule has 1 aliphatic rings. The molecule has 0 unspecified atom stereocenters. The summed E-state index contributed by atoms with van der Waals surface area (Å²) in [6.45, 7) is 24.1. The van der Waals surface area contributed by atoms with Crippen LogP contribution in [0.1, 0.15) is 65.5 Å². The summed E-state index contributed by atoms with van der Waals surface area (Å²) in [4.78, 5) is 0. The monoisotopic (exact) mass is 582 g/mol. The lowest BCUT2D eigenvalue weighted by atomic mass is 9.95. The van der Waals surface area contributed by atoms with Gasteiger partial charge < -0.3 is 18.3 Å². The Labute approximate surface area is 246 Å². The Morgan fingerprint density at radius 1 is 0.575 bits per heavy atom. The van der Waals surface area contributed by atoms with Crippen molar-refractivity contribution in [2.45, 2.75) is 128 Å². The van der Waals surface area contributed by atoms with Crippen LogP contribution < -0.4 is 0 Å². The fourth-order valence-electron chi connectivity index (χ4n) is 4.43. The van der Waals surface area contributed by atoms with Crippen molar-refractivity contribution in [2.75, 3.05) is 0 Å². The number of benzene rings is 2. The summed E-state index contributed by atoms with van der Waals surface area (Å²) in [6, 6.07) is 20.8. The highest BCUT2D eigenvalue weighted by molar-refractivity contribution is 6.74. The second-order valence-electron chi connectivity index (χ2n) is 14.3. The first-order chi connectivity index (χ1) is 18.6. The lowest BCUT2D eigenvalue weighted by molar-refractivity contribution is -0.160. The topological polar surface area (TPSA) is 36.9 Å².